The Bertz CT molecular complexity index is 896. The van der Waals surface area contributed by atoms with E-state index in [0.29, 0.717) is 31.1 Å². The molecule has 0 radical (unpaired) electrons. The fourth-order valence-electron chi connectivity index (χ4n) is 3.15. The average Bonchev–Trinajstić information content (AvgIpc) is 3.23. The Hall–Kier alpha value is -3.06. The van der Waals surface area contributed by atoms with Crippen molar-refractivity contribution in [3.05, 3.63) is 65.9 Å². The van der Waals surface area contributed by atoms with Gasteiger partial charge in [-0.05, 0) is 30.7 Å². The normalized spacial score (nSPS) is 17.3. The summed E-state index contributed by atoms with van der Waals surface area (Å²) in [7, 11) is 0. The summed E-state index contributed by atoms with van der Waals surface area (Å²) in [6, 6.07) is 11.5. The molecule has 2 aromatic heterocycles. The van der Waals surface area contributed by atoms with Crippen LogP contribution in [0.25, 0.3) is 11.3 Å². The summed E-state index contributed by atoms with van der Waals surface area (Å²) in [4.78, 5) is 23.3. The Balaban J connectivity index is 1.60. The lowest BCUT2D eigenvalue weighted by molar-refractivity contribution is -0.0276. The standard InChI is InChI=1S/C19H18N4O3/c1-13-14(16-7-2-3-8-20-16)5-4-6-15(13)19(24)23-9-10-25-17(11-23)18-21-12-26-22-18/h2-8,12,17H,9-11H2,1H3/t17-/m0/s1. The number of amides is 1. The molecular weight excluding hydrogens is 332 g/mol. The summed E-state index contributed by atoms with van der Waals surface area (Å²) in [6.07, 6.45) is 2.64. The Labute approximate surface area is 150 Å². The smallest absolute Gasteiger partial charge is 0.254 e. The minimum Gasteiger partial charge on any atom is -0.366 e. The van der Waals surface area contributed by atoms with Gasteiger partial charge in [0.1, 0.15) is 6.10 Å². The van der Waals surface area contributed by atoms with Crippen molar-refractivity contribution in [3.8, 4) is 11.3 Å². The third kappa shape index (κ3) is 3.09. The first-order chi connectivity index (χ1) is 12.7. The van der Waals surface area contributed by atoms with Crippen LogP contribution in [-0.4, -0.2) is 45.6 Å². The predicted octanol–water partition coefficient (Wildman–Crippen LogP) is 2.65. The molecule has 132 valence electrons. The largest absolute Gasteiger partial charge is 0.366 e. The maximum Gasteiger partial charge on any atom is 0.254 e. The maximum atomic E-state index is 13.1. The van der Waals surface area contributed by atoms with Gasteiger partial charge in [0, 0.05) is 23.9 Å². The second kappa shape index (κ2) is 7.05. The van der Waals surface area contributed by atoms with Gasteiger partial charge in [0.25, 0.3) is 5.91 Å². The number of carbonyl (C=O) groups is 1. The van der Waals surface area contributed by atoms with E-state index in [-0.39, 0.29) is 12.0 Å². The van der Waals surface area contributed by atoms with Crippen LogP contribution in [0.2, 0.25) is 0 Å². The molecule has 0 aliphatic carbocycles. The number of aromatic nitrogens is 3. The van der Waals surface area contributed by atoms with E-state index in [2.05, 4.69) is 15.1 Å². The molecule has 1 fully saturated rings. The van der Waals surface area contributed by atoms with Gasteiger partial charge in [-0.25, -0.2) is 0 Å². The van der Waals surface area contributed by atoms with E-state index in [9.17, 15) is 4.79 Å². The second-order valence-corrected chi connectivity index (χ2v) is 6.09. The third-order valence-corrected chi connectivity index (χ3v) is 4.53. The number of pyridine rings is 1. The quantitative estimate of drug-likeness (QED) is 0.722. The fourth-order valence-corrected chi connectivity index (χ4v) is 3.15. The number of nitrogens with zero attached hydrogens (tertiary/aromatic N) is 4. The molecule has 1 aliphatic heterocycles. The van der Waals surface area contributed by atoms with Crippen molar-refractivity contribution >= 4 is 5.91 Å². The molecular formula is C19H18N4O3. The molecule has 7 heteroatoms. The van der Waals surface area contributed by atoms with Crippen molar-refractivity contribution in [2.75, 3.05) is 19.7 Å². The zero-order chi connectivity index (χ0) is 17.9. The number of benzene rings is 1. The monoisotopic (exact) mass is 350 g/mol. The van der Waals surface area contributed by atoms with Crippen LogP contribution in [0.3, 0.4) is 0 Å². The van der Waals surface area contributed by atoms with E-state index in [4.69, 9.17) is 9.26 Å². The third-order valence-electron chi connectivity index (χ3n) is 4.53. The summed E-state index contributed by atoms with van der Waals surface area (Å²) < 4.78 is 10.5. The van der Waals surface area contributed by atoms with Gasteiger partial charge in [-0.1, -0.05) is 23.4 Å². The van der Waals surface area contributed by atoms with E-state index >= 15 is 0 Å². The molecule has 26 heavy (non-hydrogen) atoms. The van der Waals surface area contributed by atoms with E-state index in [1.165, 1.54) is 6.39 Å². The lowest BCUT2D eigenvalue weighted by Gasteiger charge is -2.32. The number of ether oxygens (including phenoxy) is 1. The molecule has 7 nitrogen and oxygen atoms in total. The van der Waals surface area contributed by atoms with Crippen LogP contribution in [-0.2, 0) is 4.74 Å². The first-order valence-electron chi connectivity index (χ1n) is 8.42. The molecule has 4 rings (SSSR count). The van der Waals surface area contributed by atoms with E-state index in [1.54, 1.807) is 11.1 Å². The van der Waals surface area contributed by atoms with E-state index < -0.39 is 0 Å². The number of hydrogen-bond donors (Lipinski definition) is 0. The molecule has 0 bridgehead atoms. The molecule has 1 amide bonds. The lowest BCUT2D eigenvalue weighted by atomic mass is 9.98. The van der Waals surface area contributed by atoms with Crippen molar-refractivity contribution in [1.29, 1.82) is 0 Å². The van der Waals surface area contributed by atoms with Crippen molar-refractivity contribution in [3.63, 3.8) is 0 Å². The fraction of sp³-hybridized carbons (Fsp3) is 0.263. The minimum absolute atomic E-state index is 0.0305. The van der Waals surface area contributed by atoms with Crippen LogP contribution in [0, 0.1) is 6.92 Å². The summed E-state index contributed by atoms with van der Waals surface area (Å²) >= 11 is 0. The molecule has 3 aromatic rings. The summed E-state index contributed by atoms with van der Waals surface area (Å²) in [5, 5.41) is 3.82. The average molecular weight is 350 g/mol. The number of morpholine rings is 1. The van der Waals surface area contributed by atoms with E-state index in [1.807, 2.05) is 43.3 Å². The van der Waals surface area contributed by atoms with E-state index in [0.717, 1.165) is 16.8 Å². The van der Waals surface area contributed by atoms with Crippen LogP contribution in [0.4, 0.5) is 0 Å². The van der Waals surface area contributed by atoms with Crippen molar-refractivity contribution in [2.24, 2.45) is 0 Å². The van der Waals surface area contributed by atoms with Crippen LogP contribution < -0.4 is 0 Å². The second-order valence-electron chi connectivity index (χ2n) is 6.09. The number of carbonyl (C=O) groups excluding carboxylic acids is 1. The van der Waals surface area contributed by atoms with Crippen LogP contribution in [0.5, 0.6) is 0 Å². The molecule has 1 atom stereocenters. The van der Waals surface area contributed by atoms with Crippen molar-refractivity contribution in [2.45, 2.75) is 13.0 Å². The topological polar surface area (TPSA) is 81.4 Å². The molecule has 3 heterocycles. The van der Waals surface area contributed by atoms with Gasteiger partial charge in [0.2, 0.25) is 12.2 Å². The Morgan fingerprint density at radius 3 is 2.88 bits per heavy atom. The van der Waals surface area contributed by atoms with Crippen molar-refractivity contribution < 1.29 is 14.1 Å². The summed E-state index contributed by atoms with van der Waals surface area (Å²) in [6.45, 7) is 3.31. The molecule has 1 aromatic carbocycles. The van der Waals surface area contributed by atoms with Gasteiger partial charge >= 0.3 is 0 Å². The van der Waals surface area contributed by atoms with Gasteiger partial charge in [-0.15, -0.1) is 0 Å². The van der Waals surface area contributed by atoms with Crippen molar-refractivity contribution in [1.82, 2.24) is 20.0 Å². The highest BCUT2D eigenvalue weighted by Crippen LogP contribution is 2.26. The minimum atomic E-state index is -0.370. The van der Waals surface area contributed by atoms with Gasteiger partial charge < -0.3 is 14.2 Å². The van der Waals surface area contributed by atoms with Crippen LogP contribution >= 0.6 is 0 Å². The zero-order valence-corrected chi connectivity index (χ0v) is 14.3. The van der Waals surface area contributed by atoms with Crippen LogP contribution in [0.15, 0.2) is 53.5 Å². The molecule has 1 saturated heterocycles. The number of rotatable bonds is 3. The highest BCUT2D eigenvalue weighted by Gasteiger charge is 2.29. The predicted molar refractivity (Wildman–Crippen MR) is 93.3 cm³/mol. The SMILES string of the molecule is Cc1c(C(=O)N2CCO[C@H](c3ncon3)C2)cccc1-c1ccccn1. The Morgan fingerprint density at radius 2 is 2.12 bits per heavy atom. The maximum absolute atomic E-state index is 13.1. The molecule has 0 saturated carbocycles. The highest BCUT2D eigenvalue weighted by molar-refractivity contribution is 5.97. The highest BCUT2D eigenvalue weighted by atomic mass is 16.5. The number of hydrogen-bond acceptors (Lipinski definition) is 6. The first-order valence-corrected chi connectivity index (χ1v) is 8.42. The van der Waals surface area contributed by atoms with Gasteiger partial charge in [0.05, 0.1) is 18.8 Å². The van der Waals surface area contributed by atoms with Gasteiger partial charge in [-0.3, -0.25) is 9.78 Å². The van der Waals surface area contributed by atoms with Gasteiger partial charge in [-0.2, -0.15) is 4.98 Å². The summed E-state index contributed by atoms with van der Waals surface area (Å²) in [5.41, 5.74) is 3.39. The first kappa shape index (κ1) is 16.4. The zero-order valence-electron chi connectivity index (χ0n) is 14.3. The molecule has 0 unspecified atom stereocenters. The Morgan fingerprint density at radius 1 is 1.19 bits per heavy atom. The Kier molecular flexibility index (Phi) is 4.45. The summed E-state index contributed by atoms with van der Waals surface area (Å²) in [5.74, 6) is 0.429. The van der Waals surface area contributed by atoms with Crippen LogP contribution in [0.1, 0.15) is 27.8 Å². The molecule has 0 spiro atoms. The molecule has 1 aliphatic rings. The van der Waals surface area contributed by atoms with Gasteiger partial charge in [0.15, 0.2) is 0 Å². The lowest BCUT2D eigenvalue weighted by Crippen LogP contribution is -2.42. The molecule has 0 N–H and O–H groups in total.